The quantitative estimate of drug-likeness (QED) is 0.845. The zero-order valence-corrected chi connectivity index (χ0v) is 12.2. The summed E-state index contributed by atoms with van der Waals surface area (Å²) in [7, 11) is 0. The van der Waals surface area contributed by atoms with E-state index in [1.54, 1.807) is 12.5 Å². The Kier molecular flexibility index (Phi) is 5.05. The van der Waals surface area contributed by atoms with Crippen LogP contribution in [0.2, 0.25) is 5.02 Å². The third-order valence-electron chi connectivity index (χ3n) is 3.17. The van der Waals surface area contributed by atoms with Crippen molar-refractivity contribution < 1.29 is 4.42 Å². The molecule has 0 saturated carbocycles. The van der Waals surface area contributed by atoms with Crippen LogP contribution < -0.4 is 5.32 Å². The van der Waals surface area contributed by atoms with E-state index < -0.39 is 0 Å². The minimum Gasteiger partial charge on any atom is -0.469 e. The number of rotatable bonds is 7. The Hall–Kier alpha value is -1.26. The van der Waals surface area contributed by atoms with Crippen LogP contribution in [0.15, 0.2) is 29.0 Å². The first-order valence-electron chi connectivity index (χ1n) is 6.73. The van der Waals surface area contributed by atoms with Crippen molar-refractivity contribution in [1.82, 2.24) is 15.1 Å². The van der Waals surface area contributed by atoms with Crippen LogP contribution in [0, 0.1) is 0 Å². The first-order chi connectivity index (χ1) is 9.26. The topological polar surface area (TPSA) is 43.0 Å². The molecule has 19 heavy (non-hydrogen) atoms. The minimum atomic E-state index is 0.199. The maximum Gasteiger partial charge on any atom is 0.103 e. The van der Waals surface area contributed by atoms with Crippen molar-refractivity contribution in [3.63, 3.8) is 0 Å². The lowest BCUT2D eigenvalue weighted by Gasteiger charge is -2.19. The molecule has 2 rings (SSSR count). The normalized spacial score (nSPS) is 12.8. The van der Waals surface area contributed by atoms with E-state index in [0.717, 1.165) is 42.4 Å². The molecule has 2 heterocycles. The molecule has 0 spiro atoms. The lowest BCUT2D eigenvalue weighted by molar-refractivity contribution is 0.436. The largest absolute Gasteiger partial charge is 0.469 e. The first-order valence-corrected chi connectivity index (χ1v) is 7.11. The van der Waals surface area contributed by atoms with Crippen molar-refractivity contribution >= 4 is 11.6 Å². The maximum absolute atomic E-state index is 6.27. The second kappa shape index (κ2) is 6.78. The second-order valence-corrected chi connectivity index (χ2v) is 4.83. The summed E-state index contributed by atoms with van der Waals surface area (Å²) < 4.78 is 7.34. The Morgan fingerprint density at radius 3 is 2.95 bits per heavy atom. The molecular weight excluding hydrogens is 262 g/mol. The molecule has 1 atom stereocenters. The molecule has 0 fully saturated rings. The number of nitrogens with one attached hydrogen (secondary N) is 1. The number of halogens is 1. The predicted molar refractivity (Wildman–Crippen MR) is 76.4 cm³/mol. The molecule has 0 bridgehead atoms. The van der Waals surface area contributed by atoms with Gasteiger partial charge in [0.15, 0.2) is 0 Å². The van der Waals surface area contributed by atoms with E-state index in [1.807, 2.05) is 16.8 Å². The summed E-state index contributed by atoms with van der Waals surface area (Å²) in [6.07, 6.45) is 5.25. The molecule has 0 aromatic carbocycles. The number of hydrogen-bond acceptors (Lipinski definition) is 3. The number of aromatic nitrogens is 2. The average Bonchev–Trinajstić information content (AvgIpc) is 3.04. The van der Waals surface area contributed by atoms with Gasteiger partial charge in [0.1, 0.15) is 5.76 Å². The number of aryl methyl sites for hydroxylation is 2. The minimum absolute atomic E-state index is 0.199. The Morgan fingerprint density at radius 1 is 1.47 bits per heavy atom. The molecular formula is C14H20ClN3O. The molecule has 2 aromatic heterocycles. The zero-order valence-electron chi connectivity index (χ0n) is 11.4. The molecule has 4 nitrogen and oxygen atoms in total. The van der Waals surface area contributed by atoms with E-state index in [-0.39, 0.29) is 6.04 Å². The van der Waals surface area contributed by atoms with E-state index in [9.17, 15) is 0 Å². The molecule has 0 radical (unpaired) electrons. The summed E-state index contributed by atoms with van der Waals surface area (Å²) in [6.45, 7) is 5.89. The predicted octanol–water partition coefficient (Wildman–Crippen LogP) is 3.43. The fraction of sp³-hybridized carbons (Fsp3) is 0.500. The van der Waals surface area contributed by atoms with Crippen LogP contribution in [-0.4, -0.2) is 16.3 Å². The van der Waals surface area contributed by atoms with E-state index in [4.69, 9.17) is 16.0 Å². The van der Waals surface area contributed by atoms with Gasteiger partial charge in [-0.1, -0.05) is 18.5 Å². The van der Waals surface area contributed by atoms with Gasteiger partial charge in [0.05, 0.1) is 29.2 Å². The third-order valence-corrected chi connectivity index (χ3v) is 3.46. The summed E-state index contributed by atoms with van der Waals surface area (Å²) in [5.41, 5.74) is 1.07. The number of hydrogen-bond donors (Lipinski definition) is 1. The smallest absolute Gasteiger partial charge is 0.103 e. The molecule has 0 saturated heterocycles. The van der Waals surface area contributed by atoms with Gasteiger partial charge in [-0.15, -0.1) is 0 Å². The van der Waals surface area contributed by atoms with Gasteiger partial charge in [0, 0.05) is 13.0 Å². The van der Waals surface area contributed by atoms with Crippen LogP contribution in [0.4, 0.5) is 0 Å². The van der Waals surface area contributed by atoms with Crippen LogP contribution in [0.25, 0.3) is 0 Å². The first kappa shape index (κ1) is 14.2. The fourth-order valence-electron chi connectivity index (χ4n) is 2.29. The highest BCUT2D eigenvalue weighted by atomic mass is 35.5. The van der Waals surface area contributed by atoms with Crippen LogP contribution in [0.1, 0.15) is 37.8 Å². The highest BCUT2D eigenvalue weighted by Gasteiger charge is 2.19. The Labute approximate surface area is 118 Å². The van der Waals surface area contributed by atoms with Gasteiger partial charge in [-0.25, -0.2) is 0 Å². The summed E-state index contributed by atoms with van der Waals surface area (Å²) in [6, 6.07) is 4.12. The van der Waals surface area contributed by atoms with Gasteiger partial charge >= 0.3 is 0 Å². The van der Waals surface area contributed by atoms with Crippen molar-refractivity contribution in [3.8, 4) is 0 Å². The van der Waals surface area contributed by atoms with Crippen LogP contribution in [-0.2, 0) is 13.0 Å². The molecule has 104 valence electrons. The van der Waals surface area contributed by atoms with E-state index in [0.29, 0.717) is 0 Å². The third kappa shape index (κ3) is 3.39. The lowest BCUT2D eigenvalue weighted by Crippen LogP contribution is -2.24. The molecule has 0 aliphatic rings. The van der Waals surface area contributed by atoms with Crippen molar-refractivity contribution in [2.75, 3.05) is 6.54 Å². The fourth-order valence-corrected chi connectivity index (χ4v) is 2.57. The lowest BCUT2D eigenvalue weighted by atomic mass is 10.1. The monoisotopic (exact) mass is 281 g/mol. The molecule has 0 aliphatic heterocycles. The highest BCUT2D eigenvalue weighted by molar-refractivity contribution is 6.31. The van der Waals surface area contributed by atoms with Gasteiger partial charge < -0.3 is 9.73 Å². The Balaban J connectivity index is 2.12. The summed E-state index contributed by atoms with van der Waals surface area (Å²) in [5, 5.41) is 8.51. The van der Waals surface area contributed by atoms with Gasteiger partial charge in [-0.2, -0.15) is 5.10 Å². The van der Waals surface area contributed by atoms with E-state index >= 15 is 0 Å². The van der Waals surface area contributed by atoms with E-state index in [1.165, 1.54) is 0 Å². The van der Waals surface area contributed by atoms with Gasteiger partial charge in [-0.05, 0) is 32.0 Å². The molecule has 0 amide bonds. The summed E-state index contributed by atoms with van der Waals surface area (Å²) in [5.74, 6) is 1.00. The van der Waals surface area contributed by atoms with Gasteiger partial charge in [-0.3, -0.25) is 4.68 Å². The van der Waals surface area contributed by atoms with Crippen LogP contribution in [0.3, 0.4) is 0 Å². The van der Waals surface area contributed by atoms with Crippen molar-refractivity contribution in [2.45, 2.75) is 39.3 Å². The zero-order chi connectivity index (χ0) is 13.7. The van der Waals surface area contributed by atoms with Crippen LogP contribution >= 0.6 is 11.6 Å². The molecule has 1 N–H and O–H groups in total. The van der Waals surface area contributed by atoms with E-state index in [2.05, 4.69) is 24.3 Å². The van der Waals surface area contributed by atoms with Gasteiger partial charge in [0.25, 0.3) is 0 Å². The second-order valence-electron chi connectivity index (χ2n) is 4.42. The van der Waals surface area contributed by atoms with Crippen LogP contribution in [0.5, 0.6) is 0 Å². The maximum atomic E-state index is 6.27. The van der Waals surface area contributed by atoms with Crippen molar-refractivity contribution in [2.24, 2.45) is 0 Å². The number of nitrogens with zero attached hydrogens (tertiary/aromatic N) is 2. The highest BCUT2D eigenvalue weighted by Crippen LogP contribution is 2.26. The summed E-state index contributed by atoms with van der Waals surface area (Å²) in [4.78, 5) is 0. The molecule has 5 heteroatoms. The molecule has 1 unspecified atom stereocenters. The summed E-state index contributed by atoms with van der Waals surface area (Å²) >= 11 is 6.27. The average molecular weight is 282 g/mol. The Morgan fingerprint density at radius 2 is 2.32 bits per heavy atom. The molecule has 0 aliphatic carbocycles. The van der Waals surface area contributed by atoms with Gasteiger partial charge in [0.2, 0.25) is 0 Å². The SMILES string of the molecule is CCNC(CCc1ccco1)c1c(Cl)cnn1CC. The van der Waals surface area contributed by atoms with Crippen molar-refractivity contribution in [3.05, 3.63) is 41.1 Å². The number of furan rings is 1. The Bertz CT molecular complexity index is 493. The molecule has 2 aromatic rings. The van der Waals surface area contributed by atoms with Crippen molar-refractivity contribution in [1.29, 1.82) is 0 Å². The standard InChI is InChI=1S/C14H20ClN3O/c1-3-16-13(8-7-11-6-5-9-19-11)14-12(15)10-17-18(14)4-2/h5-6,9-10,13,16H,3-4,7-8H2,1-2H3.